The van der Waals surface area contributed by atoms with E-state index in [4.69, 9.17) is 11.6 Å². The maximum Gasteiger partial charge on any atom is 0.0706 e. The van der Waals surface area contributed by atoms with Crippen molar-refractivity contribution in [2.45, 2.75) is 19.3 Å². The highest BCUT2D eigenvalue weighted by molar-refractivity contribution is 6.30. The lowest BCUT2D eigenvalue weighted by Gasteiger charge is -2.39. The zero-order chi connectivity index (χ0) is 19.6. The first-order chi connectivity index (χ1) is 13.6. The Morgan fingerprint density at radius 2 is 1.04 bits per heavy atom. The number of aryl methyl sites for hydroxylation is 2. The van der Waals surface area contributed by atoms with Crippen molar-refractivity contribution in [3.05, 3.63) is 142 Å². The van der Waals surface area contributed by atoms with Crippen LogP contribution >= 0.6 is 11.6 Å². The van der Waals surface area contributed by atoms with E-state index in [-0.39, 0.29) is 0 Å². The molecule has 1 heteroatoms. The van der Waals surface area contributed by atoms with Crippen LogP contribution < -0.4 is 0 Å². The minimum Gasteiger partial charge on any atom is -0.0843 e. The number of halogens is 1. The van der Waals surface area contributed by atoms with Crippen LogP contribution in [-0.4, -0.2) is 0 Å². The molecular formula is C27H23Cl. The van der Waals surface area contributed by atoms with Crippen LogP contribution in [0.1, 0.15) is 33.4 Å². The summed E-state index contributed by atoms with van der Waals surface area (Å²) in [6.45, 7) is 4.35. The summed E-state index contributed by atoms with van der Waals surface area (Å²) in [4.78, 5) is 0. The maximum absolute atomic E-state index is 6.34. The van der Waals surface area contributed by atoms with Gasteiger partial charge in [0.15, 0.2) is 0 Å². The SMILES string of the molecule is Cc1ccccc1C(c1ccccc1)(c1ccccc1)c1ccc(Cl)cc1C. The summed E-state index contributed by atoms with van der Waals surface area (Å²) in [6.07, 6.45) is 0. The molecule has 0 amide bonds. The maximum atomic E-state index is 6.34. The van der Waals surface area contributed by atoms with Gasteiger partial charge in [-0.1, -0.05) is 103 Å². The zero-order valence-corrected chi connectivity index (χ0v) is 16.9. The molecule has 4 rings (SSSR count). The Hall–Kier alpha value is -2.83. The third-order valence-corrected chi connectivity index (χ3v) is 5.79. The zero-order valence-electron chi connectivity index (χ0n) is 16.2. The molecule has 0 aliphatic carbocycles. The fourth-order valence-corrected chi connectivity index (χ4v) is 4.58. The van der Waals surface area contributed by atoms with E-state index in [1.807, 2.05) is 6.07 Å². The Morgan fingerprint density at radius 1 is 0.536 bits per heavy atom. The van der Waals surface area contributed by atoms with E-state index < -0.39 is 5.41 Å². The third kappa shape index (κ3) is 3.04. The summed E-state index contributed by atoms with van der Waals surface area (Å²) in [6, 6.07) is 36.5. The van der Waals surface area contributed by atoms with E-state index >= 15 is 0 Å². The van der Waals surface area contributed by atoms with E-state index in [0.717, 1.165) is 5.02 Å². The Bertz CT molecular complexity index is 1040. The van der Waals surface area contributed by atoms with Gasteiger partial charge in [0.1, 0.15) is 0 Å². The van der Waals surface area contributed by atoms with Crippen LogP contribution in [0.5, 0.6) is 0 Å². The van der Waals surface area contributed by atoms with E-state index in [2.05, 4.69) is 111 Å². The van der Waals surface area contributed by atoms with Crippen molar-refractivity contribution in [2.24, 2.45) is 0 Å². The van der Waals surface area contributed by atoms with Crippen molar-refractivity contribution in [1.29, 1.82) is 0 Å². The molecule has 28 heavy (non-hydrogen) atoms. The minimum atomic E-state index is -0.414. The Kier molecular flexibility index (Phi) is 5.07. The highest BCUT2D eigenvalue weighted by Crippen LogP contribution is 2.47. The molecule has 0 N–H and O–H groups in total. The van der Waals surface area contributed by atoms with E-state index in [0.29, 0.717) is 0 Å². The van der Waals surface area contributed by atoms with Gasteiger partial charge in [-0.3, -0.25) is 0 Å². The first kappa shape index (κ1) is 18.5. The lowest BCUT2D eigenvalue weighted by atomic mass is 9.63. The quantitative estimate of drug-likeness (QED) is 0.324. The van der Waals surface area contributed by atoms with E-state index in [9.17, 15) is 0 Å². The average Bonchev–Trinajstić information content (AvgIpc) is 2.73. The first-order valence-electron chi connectivity index (χ1n) is 9.58. The molecule has 0 saturated heterocycles. The summed E-state index contributed by atoms with van der Waals surface area (Å²) in [5.41, 5.74) is 7.08. The molecule has 0 fully saturated rings. The van der Waals surface area contributed by atoms with Crippen molar-refractivity contribution in [1.82, 2.24) is 0 Å². The molecule has 0 aliphatic rings. The summed E-state index contributed by atoms with van der Waals surface area (Å²) < 4.78 is 0. The van der Waals surface area contributed by atoms with Gasteiger partial charge in [-0.25, -0.2) is 0 Å². The lowest BCUT2D eigenvalue weighted by molar-refractivity contribution is 0.732. The van der Waals surface area contributed by atoms with Crippen molar-refractivity contribution < 1.29 is 0 Å². The van der Waals surface area contributed by atoms with Crippen LogP contribution in [0.3, 0.4) is 0 Å². The van der Waals surface area contributed by atoms with Crippen LogP contribution in [0, 0.1) is 13.8 Å². The van der Waals surface area contributed by atoms with Gasteiger partial charge in [0, 0.05) is 5.02 Å². The first-order valence-corrected chi connectivity index (χ1v) is 9.95. The molecule has 0 spiro atoms. The van der Waals surface area contributed by atoms with Crippen LogP contribution in [0.25, 0.3) is 0 Å². The molecule has 0 atom stereocenters. The molecule has 0 nitrogen and oxygen atoms in total. The van der Waals surface area contributed by atoms with Gasteiger partial charge in [-0.2, -0.15) is 0 Å². The summed E-state index contributed by atoms with van der Waals surface area (Å²) in [7, 11) is 0. The predicted molar refractivity (Wildman–Crippen MR) is 119 cm³/mol. The molecule has 4 aromatic rings. The Labute approximate surface area is 172 Å². The number of rotatable bonds is 4. The molecule has 138 valence electrons. The van der Waals surface area contributed by atoms with Crippen LogP contribution in [0.15, 0.2) is 103 Å². The van der Waals surface area contributed by atoms with Crippen LogP contribution in [0.4, 0.5) is 0 Å². The smallest absolute Gasteiger partial charge is 0.0706 e. The molecule has 4 aromatic carbocycles. The fourth-order valence-electron chi connectivity index (χ4n) is 4.35. The third-order valence-electron chi connectivity index (χ3n) is 5.56. The highest BCUT2D eigenvalue weighted by atomic mass is 35.5. The van der Waals surface area contributed by atoms with Gasteiger partial charge in [0.25, 0.3) is 0 Å². The highest BCUT2D eigenvalue weighted by Gasteiger charge is 2.40. The number of benzene rings is 4. The molecule has 0 aliphatic heterocycles. The van der Waals surface area contributed by atoms with Crippen molar-refractivity contribution >= 4 is 11.6 Å². The number of hydrogen-bond donors (Lipinski definition) is 0. The largest absolute Gasteiger partial charge is 0.0843 e. The molecular weight excluding hydrogens is 360 g/mol. The van der Waals surface area contributed by atoms with Crippen LogP contribution in [0.2, 0.25) is 5.02 Å². The summed E-state index contributed by atoms with van der Waals surface area (Å²) in [5.74, 6) is 0. The summed E-state index contributed by atoms with van der Waals surface area (Å²) in [5, 5.41) is 0.765. The molecule has 0 bridgehead atoms. The lowest BCUT2D eigenvalue weighted by Crippen LogP contribution is -2.32. The van der Waals surface area contributed by atoms with Gasteiger partial charge in [0.2, 0.25) is 0 Å². The fraction of sp³-hybridized carbons (Fsp3) is 0.111. The average molecular weight is 383 g/mol. The molecule has 0 saturated carbocycles. The van der Waals surface area contributed by atoms with Crippen molar-refractivity contribution in [3.63, 3.8) is 0 Å². The normalized spacial score (nSPS) is 11.4. The second kappa shape index (κ2) is 7.66. The second-order valence-corrected chi connectivity index (χ2v) is 7.69. The van der Waals surface area contributed by atoms with Gasteiger partial charge >= 0.3 is 0 Å². The summed E-state index contributed by atoms with van der Waals surface area (Å²) >= 11 is 6.34. The Morgan fingerprint density at radius 3 is 1.57 bits per heavy atom. The van der Waals surface area contributed by atoms with Gasteiger partial charge in [0.05, 0.1) is 5.41 Å². The number of hydrogen-bond acceptors (Lipinski definition) is 0. The second-order valence-electron chi connectivity index (χ2n) is 7.26. The Balaban J connectivity index is 2.20. The molecule has 0 radical (unpaired) electrons. The monoisotopic (exact) mass is 382 g/mol. The van der Waals surface area contributed by atoms with E-state index in [1.165, 1.54) is 33.4 Å². The van der Waals surface area contributed by atoms with Crippen molar-refractivity contribution in [3.8, 4) is 0 Å². The standard InChI is InChI=1S/C27H23Cl/c1-20-11-9-10-16-25(20)27(22-12-5-3-6-13-22,23-14-7-4-8-15-23)26-18-17-24(28)19-21(26)2/h3-19H,1-2H3. The predicted octanol–water partition coefficient (Wildman–Crippen LogP) is 7.34. The van der Waals surface area contributed by atoms with Gasteiger partial charge in [-0.05, 0) is 59.4 Å². The van der Waals surface area contributed by atoms with Crippen molar-refractivity contribution in [2.75, 3.05) is 0 Å². The molecule has 0 unspecified atom stereocenters. The minimum absolute atomic E-state index is 0.414. The van der Waals surface area contributed by atoms with Gasteiger partial charge in [-0.15, -0.1) is 0 Å². The molecule has 0 heterocycles. The van der Waals surface area contributed by atoms with E-state index in [1.54, 1.807) is 0 Å². The molecule has 0 aromatic heterocycles. The van der Waals surface area contributed by atoms with Crippen LogP contribution in [-0.2, 0) is 5.41 Å². The topological polar surface area (TPSA) is 0 Å². The van der Waals surface area contributed by atoms with Gasteiger partial charge < -0.3 is 0 Å².